The number of carbonyl (C=O) groups is 1. The van der Waals surface area contributed by atoms with Crippen molar-refractivity contribution in [3.63, 3.8) is 0 Å². The molecule has 3 aromatic rings. The van der Waals surface area contributed by atoms with Gasteiger partial charge in [0.25, 0.3) is 0 Å². The van der Waals surface area contributed by atoms with Crippen LogP contribution in [0.4, 0.5) is 0 Å². The molecule has 1 aliphatic carbocycles. The first-order chi connectivity index (χ1) is 15.7. The molecule has 0 radical (unpaired) electrons. The normalized spacial score (nSPS) is 18.3. The third-order valence-corrected chi connectivity index (χ3v) is 6.46. The Morgan fingerprint density at radius 1 is 1.00 bits per heavy atom. The standard InChI is InChI=1S/C26H28N4O2/c1-18-28-29-26-22(16-24(31)32-17-19-10-4-2-5-11-19)27-25(20-12-6-3-7-13-20)21-14-8-9-15-23(21)30(18)26/h2,4-5,8-11,14-15,20,22H,3,6-7,12-13,16-17H2,1H3. The van der Waals surface area contributed by atoms with E-state index in [0.29, 0.717) is 11.7 Å². The summed E-state index contributed by atoms with van der Waals surface area (Å²) in [5.41, 5.74) is 4.25. The molecule has 1 unspecified atom stereocenters. The van der Waals surface area contributed by atoms with Crippen molar-refractivity contribution in [3.05, 3.63) is 77.4 Å². The van der Waals surface area contributed by atoms with Crippen LogP contribution in [0.25, 0.3) is 5.69 Å². The molecular formula is C26H28N4O2. The van der Waals surface area contributed by atoms with Gasteiger partial charge in [-0.3, -0.25) is 14.4 Å². The van der Waals surface area contributed by atoms with Crippen molar-refractivity contribution < 1.29 is 9.53 Å². The van der Waals surface area contributed by atoms with Crippen molar-refractivity contribution in [2.24, 2.45) is 10.9 Å². The van der Waals surface area contributed by atoms with Gasteiger partial charge >= 0.3 is 5.97 Å². The lowest BCUT2D eigenvalue weighted by Crippen LogP contribution is -2.20. The fraction of sp³-hybridized carbons (Fsp3) is 0.385. The molecule has 0 saturated heterocycles. The predicted octanol–water partition coefficient (Wildman–Crippen LogP) is 5.13. The smallest absolute Gasteiger partial charge is 0.308 e. The molecule has 1 fully saturated rings. The molecule has 164 valence electrons. The summed E-state index contributed by atoms with van der Waals surface area (Å²) in [4.78, 5) is 18.0. The summed E-state index contributed by atoms with van der Waals surface area (Å²) < 4.78 is 7.64. The highest BCUT2D eigenvalue weighted by molar-refractivity contribution is 6.05. The fourth-order valence-electron chi connectivity index (χ4n) is 4.87. The minimum Gasteiger partial charge on any atom is -0.461 e. The summed E-state index contributed by atoms with van der Waals surface area (Å²) in [6.07, 6.45) is 6.15. The lowest BCUT2D eigenvalue weighted by atomic mass is 9.82. The van der Waals surface area contributed by atoms with Crippen LogP contribution in [-0.2, 0) is 16.1 Å². The summed E-state index contributed by atoms with van der Waals surface area (Å²) in [7, 11) is 0. The molecule has 1 atom stereocenters. The third kappa shape index (κ3) is 4.09. The molecule has 1 saturated carbocycles. The number of fused-ring (bicyclic) bond motifs is 3. The zero-order valence-corrected chi connectivity index (χ0v) is 18.4. The summed E-state index contributed by atoms with van der Waals surface area (Å²) in [6.45, 7) is 2.21. The van der Waals surface area contributed by atoms with Crippen molar-refractivity contribution >= 4 is 11.7 Å². The number of aromatic nitrogens is 3. The van der Waals surface area contributed by atoms with E-state index in [1.165, 1.54) is 19.3 Å². The molecule has 0 N–H and O–H groups in total. The van der Waals surface area contributed by atoms with Gasteiger partial charge in [0, 0.05) is 17.2 Å². The van der Waals surface area contributed by atoms with E-state index in [-0.39, 0.29) is 19.0 Å². The van der Waals surface area contributed by atoms with Crippen LogP contribution in [0.5, 0.6) is 0 Å². The Balaban J connectivity index is 1.48. The molecule has 0 spiro atoms. The quantitative estimate of drug-likeness (QED) is 0.528. The van der Waals surface area contributed by atoms with Crippen LogP contribution in [0.15, 0.2) is 59.6 Å². The maximum absolute atomic E-state index is 12.8. The Bertz CT molecular complexity index is 1130. The highest BCUT2D eigenvalue weighted by Gasteiger charge is 2.32. The molecule has 6 nitrogen and oxygen atoms in total. The van der Waals surface area contributed by atoms with E-state index in [2.05, 4.69) is 33.0 Å². The lowest BCUT2D eigenvalue weighted by Gasteiger charge is -2.24. The van der Waals surface area contributed by atoms with Crippen LogP contribution < -0.4 is 0 Å². The second-order valence-electron chi connectivity index (χ2n) is 8.67. The zero-order chi connectivity index (χ0) is 21.9. The van der Waals surface area contributed by atoms with Gasteiger partial charge in [0.1, 0.15) is 18.5 Å². The van der Waals surface area contributed by atoms with E-state index in [0.717, 1.165) is 41.2 Å². The van der Waals surface area contributed by atoms with Crippen LogP contribution in [0.1, 0.15) is 67.3 Å². The number of rotatable bonds is 5. The molecule has 0 bridgehead atoms. The average Bonchev–Trinajstić information content (AvgIpc) is 3.16. The van der Waals surface area contributed by atoms with Gasteiger partial charge < -0.3 is 4.74 Å². The van der Waals surface area contributed by atoms with Crippen LogP contribution in [-0.4, -0.2) is 26.4 Å². The van der Waals surface area contributed by atoms with Gasteiger partial charge in [-0.2, -0.15) is 0 Å². The van der Waals surface area contributed by atoms with Crippen molar-refractivity contribution in [2.75, 3.05) is 0 Å². The molecule has 2 heterocycles. The molecular weight excluding hydrogens is 400 g/mol. The van der Waals surface area contributed by atoms with Crippen molar-refractivity contribution in [3.8, 4) is 5.69 Å². The second-order valence-corrected chi connectivity index (χ2v) is 8.67. The first kappa shape index (κ1) is 20.6. The number of hydrogen-bond acceptors (Lipinski definition) is 5. The Hall–Kier alpha value is -3.28. The summed E-state index contributed by atoms with van der Waals surface area (Å²) in [5.74, 6) is 1.64. The van der Waals surface area contributed by atoms with Gasteiger partial charge in [0.05, 0.1) is 12.1 Å². The van der Waals surface area contributed by atoms with Gasteiger partial charge in [-0.25, -0.2) is 0 Å². The number of benzene rings is 2. The van der Waals surface area contributed by atoms with Gasteiger partial charge in [-0.05, 0) is 31.4 Å². The van der Waals surface area contributed by atoms with Crippen molar-refractivity contribution in [1.82, 2.24) is 14.8 Å². The Labute approximate surface area is 188 Å². The first-order valence-electron chi connectivity index (χ1n) is 11.5. The summed E-state index contributed by atoms with van der Waals surface area (Å²) in [6, 6.07) is 17.7. The number of aryl methyl sites for hydroxylation is 1. The van der Waals surface area contributed by atoms with E-state index in [1.807, 2.05) is 43.3 Å². The zero-order valence-electron chi connectivity index (χ0n) is 18.4. The number of para-hydroxylation sites is 1. The number of aliphatic imine (C=N–C) groups is 1. The van der Waals surface area contributed by atoms with Gasteiger partial charge in [-0.1, -0.05) is 67.8 Å². The van der Waals surface area contributed by atoms with Crippen LogP contribution in [0.3, 0.4) is 0 Å². The maximum Gasteiger partial charge on any atom is 0.308 e. The van der Waals surface area contributed by atoms with Crippen LogP contribution in [0.2, 0.25) is 0 Å². The van der Waals surface area contributed by atoms with Crippen LogP contribution >= 0.6 is 0 Å². The Morgan fingerprint density at radius 3 is 2.56 bits per heavy atom. The molecule has 5 rings (SSSR count). The van der Waals surface area contributed by atoms with E-state index in [9.17, 15) is 4.79 Å². The van der Waals surface area contributed by atoms with E-state index in [1.54, 1.807) is 0 Å². The van der Waals surface area contributed by atoms with Gasteiger partial charge in [-0.15, -0.1) is 10.2 Å². The number of ether oxygens (including phenoxy) is 1. The molecule has 0 amide bonds. The molecule has 2 aromatic carbocycles. The SMILES string of the molecule is Cc1nnc2n1-c1ccccc1C(C1CCCCC1)=NC2CC(=O)OCc1ccccc1. The number of nitrogens with zero attached hydrogens (tertiary/aromatic N) is 4. The maximum atomic E-state index is 12.8. The van der Waals surface area contributed by atoms with Crippen molar-refractivity contribution in [2.45, 2.75) is 58.1 Å². The number of carbonyl (C=O) groups excluding carboxylic acids is 1. The van der Waals surface area contributed by atoms with E-state index < -0.39 is 6.04 Å². The largest absolute Gasteiger partial charge is 0.461 e. The number of esters is 1. The Kier molecular flexibility index (Phi) is 5.84. The minimum absolute atomic E-state index is 0.148. The molecule has 32 heavy (non-hydrogen) atoms. The summed E-state index contributed by atoms with van der Waals surface area (Å²) in [5, 5.41) is 8.76. The topological polar surface area (TPSA) is 69.4 Å². The first-order valence-corrected chi connectivity index (χ1v) is 11.5. The monoisotopic (exact) mass is 428 g/mol. The van der Waals surface area contributed by atoms with Gasteiger partial charge in [0.2, 0.25) is 0 Å². The third-order valence-electron chi connectivity index (χ3n) is 6.46. The average molecular weight is 429 g/mol. The number of hydrogen-bond donors (Lipinski definition) is 0. The second kappa shape index (κ2) is 9.07. The highest BCUT2D eigenvalue weighted by Crippen LogP contribution is 2.36. The molecule has 1 aromatic heterocycles. The highest BCUT2D eigenvalue weighted by atomic mass is 16.5. The fourth-order valence-corrected chi connectivity index (χ4v) is 4.87. The molecule has 6 heteroatoms. The Morgan fingerprint density at radius 2 is 1.75 bits per heavy atom. The lowest BCUT2D eigenvalue weighted by molar-refractivity contribution is -0.145. The minimum atomic E-state index is -0.413. The van der Waals surface area contributed by atoms with E-state index >= 15 is 0 Å². The molecule has 2 aliphatic rings. The summed E-state index contributed by atoms with van der Waals surface area (Å²) >= 11 is 0. The molecule has 1 aliphatic heterocycles. The van der Waals surface area contributed by atoms with Crippen LogP contribution in [0, 0.1) is 12.8 Å². The van der Waals surface area contributed by atoms with Crippen molar-refractivity contribution in [1.29, 1.82) is 0 Å². The van der Waals surface area contributed by atoms with Gasteiger partial charge in [0.15, 0.2) is 5.82 Å². The predicted molar refractivity (Wildman–Crippen MR) is 123 cm³/mol. The van der Waals surface area contributed by atoms with E-state index in [4.69, 9.17) is 9.73 Å².